The minimum absolute atomic E-state index is 1.07. The van der Waals surface area contributed by atoms with Crippen molar-refractivity contribution in [2.24, 2.45) is 4.99 Å². The van der Waals surface area contributed by atoms with Crippen LogP contribution >= 0.6 is 0 Å². The number of aromatic amines is 1. The molecule has 0 unspecified atom stereocenters. The van der Waals surface area contributed by atoms with E-state index in [1.165, 1.54) is 22.3 Å². The third-order valence-electron chi connectivity index (χ3n) is 3.09. The highest BCUT2D eigenvalue weighted by molar-refractivity contribution is 5.87. The molecule has 2 rings (SSSR count). The van der Waals surface area contributed by atoms with E-state index in [1.807, 2.05) is 12.4 Å². The topological polar surface area (TPSA) is 28.1 Å². The first-order valence-electron chi connectivity index (χ1n) is 5.18. The molecular formula is C13H16N2. The average Bonchev–Trinajstić information content (AvgIpc) is 2.68. The van der Waals surface area contributed by atoms with Gasteiger partial charge in [-0.25, -0.2) is 0 Å². The van der Waals surface area contributed by atoms with Crippen LogP contribution in [0.1, 0.15) is 30.7 Å². The second kappa shape index (κ2) is 3.54. The number of aromatic nitrogens is 1. The first-order chi connectivity index (χ1) is 7.09. The van der Waals surface area contributed by atoms with Crippen LogP contribution in [0.3, 0.4) is 0 Å². The number of H-pyrrole nitrogens is 1. The van der Waals surface area contributed by atoms with E-state index in [2.05, 4.69) is 43.7 Å². The highest BCUT2D eigenvalue weighted by Gasteiger charge is 2.09. The molecule has 15 heavy (non-hydrogen) atoms. The van der Waals surface area contributed by atoms with Crippen molar-refractivity contribution in [3.63, 3.8) is 0 Å². The van der Waals surface area contributed by atoms with Crippen LogP contribution in [-0.4, -0.2) is 11.2 Å². The molecule has 1 aliphatic rings. The van der Waals surface area contributed by atoms with Crippen molar-refractivity contribution in [2.45, 2.75) is 27.7 Å². The maximum absolute atomic E-state index is 4.39. The number of allylic oxidation sites excluding steroid dienone is 2. The zero-order valence-corrected chi connectivity index (χ0v) is 9.68. The lowest BCUT2D eigenvalue weighted by atomic mass is 10.1. The molecule has 0 aromatic carbocycles. The van der Waals surface area contributed by atoms with Crippen molar-refractivity contribution in [3.05, 3.63) is 39.9 Å². The maximum Gasteiger partial charge on any atom is 0.0682 e. The van der Waals surface area contributed by atoms with E-state index < -0.39 is 0 Å². The van der Waals surface area contributed by atoms with Gasteiger partial charge in [0, 0.05) is 18.1 Å². The van der Waals surface area contributed by atoms with E-state index in [9.17, 15) is 0 Å². The molecule has 0 radical (unpaired) electrons. The van der Waals surface area contributed by atoms with Crippen LogP contribution in [-0.2, 0) is 0 Å². The van der Waals surface area contributed by atoms with Gasteiger partial charge < -0.3 is 4.98 Å². The predicted molar refractivity (Wildman–Crippen MR) is 65.1 cm³/mol. The van der Waals surface area contributed by atoms with E-state index in [0.29, 0.717) is 0 Å². The number of rotatable bonds is 1. The standard InChI is InChI=1S/C13H16N2/c1-8-6-14-12(10(8)3)5-13-11(4)9(2)7-15-13/h5-7,14H,1-4H3. The summed E-state index contributed by atoms with van der Waals surface area (Å²) in [5, 5.41) is 0. The molecule has 2 heteroatoms. The van der Waals surface area contributed by atoms with Gasteiger partial charge in [0.15, 0.2) is 0 Å². The van der Waals surface area contributed by atoms with Crippen LogP contribution in [0.4, 0.5) is 0 Å². The van der Waals surface area contributed by atoms with Gasteiger partial charge in [-0.1, -0.05) is 0 Å². The van der Waals surface area contributed by atoms with Crippen molar-refractivity contribution in [1.29, 1.82) is 0 Å². The first-order valence-corrected chi connectivity index (χ1v) is 5.18. The summed E-state index contributed by atoms with van der Waals surface area (Å²) < 4.78 is 0. The largest absolute Gasteiger partial charge is 0.361 e. The third-order valence-corrected chi connectivity index (χ3v) is 3.09. The highest BCUT2D eigenvalue weighted by atomic mass is 14.8. The van der Waals surface area contributed by atoms with Crippen LogP contribution in [0.15, 0.2) is 28.0 Å². The molecule has 0 amide bonds. The second-order valence-corrected chi connectivity index (χ2v) is 4.11. The molecule has 1 aliphatic heterocycles. The lowest BCUT2D eigenvalue weighted by molar-refractivity contribution is 1.29. The van der Waals surface area contributed by atoms with Crippen LogP contribution in [0.5, 0.6) is 0 Å². The van der Waals surface area contributed by atoms with Crippen molar-refractivity contribution in [2.75, 3.05) is 0 Å². The number of aryl methyl sites for hydroxylation is 1. The molecule has 2 nitrogen and oxygen atoms in total. The van der Waals surface area contributed by atoms with E-state index in [0.717, 1.165) is 11.4 Å². The van der Waals surface area contributed by atoms with Crippen molar-refractivity contribution >= 4 is 12.3 Å². The molecular weight excluding hydrogens is 184 g/mol. The van der Waals surface area contributed by atoms with Gasteiger partial charge >= 0.3 is 0 Å². The third kappa shape index (κ3) is 1.67. The molecule has 0 aliphatic carbocycles. The Balaban J connectivity index is 2.41. The lowest BCUT2D eigenvalue weighted by Gasteiger charge is -1.98. The summed E-state index contributed by atoms with van der Waals surface area (Å²) in [7, 11) is 0. The predicted octanol–water partition coefficient (Wildman–Crippen LogP) is 3.39. The molecule has 0 saturated heterocycles. The Morgan fingerprint density at radius 1 is 1.20 bits per heavy atom. The van der Waals surface area contributed by atoms with E-state index in [-0.39, 0.29) is 0 Å². The normalized spacial score (nSPS) is 18.3. The van der Waals surface area contributed by atoms with Gasteiger partial charge in [0.05, 0.1) is 5.70 Å². The van der Waals surface area contributed by atoms with Crippen LogP contribution < -0.4 is 0 Å². The molecule has 0 bridgehead atoms. The zero-order chi connectivity index (χ0) is 11.0. The Morgan fingerprint density at radius 3 is 2.40 bits per heavy atom. The van der Waals surface area contributed by atoms with Gasteiger partial charge in [-0.05, 0) is 56.0 Å². The van der Waals surface area contributed by atoms with Crippen LogP contribution in [0.2, 0.25) is 0 Å². The van der Waals surface area contributed by atoms with Crippen LogP contribution in [0.25, 0.3) is 6.08 Å². The minimum Gasteiger partial charge on any atom is -0.361 e. The SMILES string of the molecule is CC1=C(C)C(=Cc2[nH]cc(C)c2C)N=C1. The molecule has 0 spiro atoms. The lowest BCUT2D eigenvalue weighted by Crippen LogP contribution is -1.82. The number of hydrogen-bond donors (Lipinski definition) is 1. The Labute approximate surface area is 90.4 Å². The Morgan fingerprint density at radius 2 is 1.93 bits per heavy atom. The summed E-state index contributed by atoms with van der Waals surface area (Å²) in [5.41, 5.74) is 7.34. The van der Waals surface area contributed by atoms with Gasteiger partial charge in [-0.15, -0.1) is 0 Å². The summed E-state index contributed by atoms with van der Waals surface area (Å²) in [6, 6.07) is 0. The number of nitrogens with zero attached hydrogens (tertiary/aromatic N) is 1. The number of nitrogens with one attached hydrogen (secondary N) is 1. The van der Waals surface area contributed by atoms with Crippen molar-refractivity contribution in [1.82, 2.24) is 4.98 Å². The van der Waals surface area contributed by atoms with Gasteiger partial charge in [0.1, 0.15) is 0 Å². The molecule has 0 fully saturated rings. The van der Waals surface area contributed by atoms with E-state index in [4.69, 9.17) is 0 Å². The average molecular weight is 200 g/mol. The Kier molecular flexibility index (Phi) is 2.35. The molecule has 78 valence electrons. The first kappa shape index (κ1) is 9.97. The van der Waals surface area contributed by atoms with Gasteiger partial charge in [-0.2, -0.15) is 0 Å². The van der Waals surface area contributed by atoms with Crippen molar-refractivity contribution in [3.8, 4) is 0 Å². The van der Waals surface area contributed by atoms with Gasteiger partial charge in [-0.3, -0.25) is 4.99 Å². The van der Waals surface area contributed by atoms with Crippen molar-refractivity contribution < 1.29 is 0 Å². The molecule has 0 saturated carbocycles. The molecule has 1 N–H and O–H groups in total. The summed E-state index contributed by atoms with van der Waals surface area (Å²) in [4.78, 5) is 7.65. The zero-order valence-electron chi connectivity index (χ0n) is 9.68. The second-order valence-electron chi connectivity index (χ2n) is 4.11. The van der Waals surface area contributed by atoms with E-state index in [1.54, 1.807) is 0 Å². The molecule has 1 aromatic heterocycles. The smallest absolute Gasteiger partial charge is 0.0682 e. The Bertz CT molecular complexity index is 485. The molecule has 1 aromatic rings. The number of aliphatic imine (C=N–C) groups is 1. The number of hydrogen-bond acceptors (Lipinski definition) is 1. The quantitative estimate of drug-likeness (QED) is 0.719. The van der Waals surface area contributed by atoms with Gasteiger partial charge in [0.25, 0.3) is 0 Å². The fraction of sp³-hybridized carbons (Fsp3) is 0.308. The maximum atomic E-state index is 4.39. The highest BCUT2D eigenvalue weighted by Crippen LogP contribution is 2.24. The molecule has 0 atom stereocenters. The minimum atomic E-state index is 1.07. The van der Waals surface area contributed by atoms with E-state index >= 15 is 0 Å². The molecule has 2 heterocycles. The summed E-state index contributed by atoms with van der Waals surface area (Å²) >= 11 is 0. The monoisotopic (exact) mass is 200 g/mol. The summed E-state index contributed by atoms with van der Waals surface area (Å²) in [5.74, 6) is 0. The summed E-state index contributed by atoms with van der Waals surface area (Å²) in [6.07, 6.45) is 6.07. The van der Waals surface area contributed by atoms with Crippen LogP contribution in [0, 0.1) is 13.8 Å². The fourth-order valence-electron chi connectivity index (χ4n) is 1.61. The van der Waals surface area contributed by atoms with Gasteiger partial charge in [0.2, 0.25) is 0 Å². The fourth-order valence-corrected chi connectivity index (χ4v) is 1.61. The summed E-state index contributed by atoms with van der Waals surface area (Å²) in [6.45, 7) is 8.44. The Hall–Kier alpha value is -1.57.